The van der Waals surface area contributed by atoms with Crippen LogP contribution in [0.3, 0.4) is 0 Å². The second-order valence-corrected chi connectivity index (χ2v) is 3.63. The van der Waals surface area contributed by atoms with Crippen LogP contribution in [-0.4, -0.2) is 31.2 Å². The topological polar surface area (TPSA) is 35.5 Å². The van der Waals surface area contributed by atoms with Crippen molar-refractivity contribution >= 4 is 6.29 Å². The number of hydrogen-bond acceptors (Lipinski definition) is 3. The van der Waals surface area contributed by atoms with Crippen LogP contribution in [0, 0.1) is 0 Å². The van der Waals surface area contributed by atoms with Crippen molar-refractivity contribution in [3.63, 3.8) is 0 Å². The zero-order chi connectivity index (χ0) is 8.44. The summed E-state index contributed by atoms with van der Waals surface area (Å²) in [6.45, 7) is 1.57. The first-order valence-corrected chi connectivity index (χ1v) is 4.56. The minimum Gasteiger partial charge on any atom is -0.381 e. The van der Waals surface area contributed by atoms with E-state index in [4.69, 9.17) is 9.47 Å². The SMILES string of the molecule is O=CC1CCC2(CCOCC2)O1. The number of carbonyl (C=O) groups is 1. The summed E-state index contributed by atoms with van der Waals surface area (Å²) in [7, 11) is 0. The second-order valence-electron chi connectivity index (χ2n) is 3.63. The largest absolute Gasteiger partial charge is 0.381 e. The van der Waals surface area contributed by atoms with Gasteiger partial charge in [0.2, 0.25) is 0 Å². The third-order valence-corrected chi connectivity index (χ3v) is 2.84. The molecule has 0 amide bonds. The van der Waals surface area contributed by atoms with E-state index in [0.29, 0.717) is 0 Å². The molecule has 0 radical (unpaired) electrons. The van der Waals surface area contributed by atoms with Crippen LogP contribution in [0.2, 0.25) is 0 Å². The fraction of sp³-hybridized carbons (Fsp3) is 0.889. The van der Waals surface area contributed by atoms with Crippen molar-refractivity contribution in [3.05, 3.63) is 0 Å². The second kappa shape index (κ2) is 3.15. The molecule has 2 heterocycles. The Balaban J connectivity index is 1.98. The zero-order valence-corrected chi connectivity index (χ0v) is 7.12. The van der Waals surface area contributed by atoms with Gasteiger partial charge in [0, 0.05) is 13.2 Å². The Bertz CT molecular complexity index is 173. The Morgan fingerprint density at radius 2 is 2.00 bits per heavy atom. The van der Waals surface area contributed by atoms with E-state index in [0.717, 1.165) is 45.2 Å². The molecule has 68 valence electrons. The Morgan fingerprint density at radius 3 is 2.58 bits per heavy atom. The first kappa shape index (κ1) is 8.20. The predicted octanol–water partition coefficient (Wildman–Crippen LogP) is 0.913. The number of aldehydes is 1. The Hall–Kier alpha value is -0.410. The summed E-state index contributed by atoms with van der Waals surface area (Å²) >= 11 is 0. The lowest BCUT2D eigenvalue weighted by atomic mass is 9.91. The van der Waals surface area contributed by atoms with E-state index < -0.39 is 0 Å². The van der Waals surface area contributed by atoms with Crippen molar-refractivity contribution in [2.75, 3.05) is 13.2 Å². The summed E-state index contributed by atoms with van der Waals surface area (Å²) in [5, 5.41) is 0. The van der Waals surface area contributed by atoms with Gasteiger partial charge in [0.15, 0.2) is 0 Å². The van der Waals surface area contributed by atoms with Crippen LogP contribution in [0.5, 0.6) is 0 Å². The van der Waals surface area contributed by atoms with Gasteiger partial charge in [0.1, 0.15) is 12.4 Å². The van der Waals surface area contributed by atoms with Crippen LogP contribution >= 0.6 is 0 Å². The standard InChI is InChI=1S/C9H14O3/c10-7-8-1-2-9(12-8)3-5-11-6-4-9/h7-8H,1-6H2. The quantitative estimate of drug-likeness (QED) is 0.549. The van der Waals surface area contributed by atoms with Gasteiger partial charge >= 0.3 is 0 Å². The molecule has 2 aliphatic heterocycles. The van der Waals surface area contributed by atoms with Crippen LogP contribution in [0.1, 0.15) is 25.7 Å². The van der Waals surface area contributed by atoms with E-state index in [1.165, 1.54) is 0 Å². The highest BCUT2D eigenvalue weighted by Gasteiger charge is 2.40. The van der Waals surface area contributed by atoms with Gasteiger partial charge in [0.25, 0.3) is 0 Å². The molecule has 2 rings (SSSR count). The minimum atomic E-state index is -0.150. The van der Waals surface area contributed by atoms with E-state index in [1.807, 2.05) is 0 Å². The lowest BCUT2D eigenvalue weighted by Gasteiger charge is -2.32. The average Bonchev–Trinajstić information content (AvgIpc) is 2.50. The highest BCUT2D eigenvalue weighted by molar-refractivity contribution is 5.56. The van der Waals surface area contributed by atoms with E-state index in [-0.39, 0.29) is 11.7 Å². The zero-order valence-electron chi connectivity index (χ0n) is 7.12. The fourth-order valence-electron chi connectivity index (χ4n) is 2.05. The first-order valence-electron chi connectivity index (χ1n) is 4.56. The first-order chi connectivity index (χ1) is 5.85. The van der Waals surface area contributed by atoms with Crippen LogP contribution in [0.25, 0.3) is 0 Å². The maximum absolute atomic E-state index is 10.5. The number of carbonyl (C=O) groups excluding carboxylic acids is 1. The summed E-state index contributed by atoms with van der Waals surface area (Å²) in [4.78, 5) is 10.5. The van der Waals surface area contributed by atoms with E-state index >= 15 is 0 Å². The van der Waals surface area contributed by atoms with Crippen molar-refractivity contribution in [1.29, 1.82) is 0 Å². The molecule has 0 bridgehead atoms. The molecular weight excluding hydrogens is 156 g/mol. The molecule has 0 aromatic rings. The molecule has 12 heavy (non-hydrogen) atoms. The van der Waals surface area contributed by atoms with Gasteiger partial charge in [-0.2, -0.15) is 0 Å². The lowest BCUT2D eigenvalue weighted by molar-refractivity contribution is -0.131. The summed E-state index contributed by atoms with van der Waals surface area (Å²) < 4.78 is 10.9. The van der Waals surface area contributed by atoms with E-state index in [2.05, 4.69) is 0 Å². The van der Waals surface area contributed by atoms with Gasteiger partial charge < -0.3 is 14.3 Å². The third kappa shape index (κ3) is 1.39. The average molecular weight is 170 g/mol. The predicted molar refractivity (Wildman–Crippen MR) is 43.0 cm³/mol. The van der Waals surface area contributed by atoms with Crippen LogP contribution < -0.4 is 0 Å². The van der Waals surface area contributed by atoms with Crippen LogP contribution in [-0.2, 0) is 14.3 Å². The third-order valence-electron chi connectivity index (χ3n) is 2.84. The highest BCUT2D eigenvalue weighted by Crippen LogP contribution is 2.37. The van der Waals surface area contributed by atoms with Crippen molar-refractivity contribution in [3.8, 4) is 0 Å². The van der Waals surface area contributed by atoms with Gasteiger partial charge in [-0.15, -0.1) is 0 Å². The normalized spacial score (nSPS) is 33.8. The van der Waals surface area contributed by atoms with Crippen LogP contribution in [0.15, 0.2) is 0 Å². The molecule has 3 heteroatoms. The van der Waals surface area contributed by atoms with Gasteiger partial charge in [-0.25, -0.2) is 0 Å². The van der Waals surface area contributed by atoms with Gasteiger partial charge in [-0.05, 0) is 25.7 Å². The summed E-state index contributed by atoms with van der Waals surface area (Å²) in [6.07, 6.45) is 4.60. The molecule has 0 saturated carbocycles. The fourth-order valence-corrected chi connectivity index (χ4v) is 2.05. The van der Waals surface area contributed by atoms with Gasteiger partial charge in [-0.3, -0.25) is 0 Å². The smallest absolute Gasteiger partial charge is 0.148 e. The molecule has 0 aromatic carbocycles. The number of ether oxygens (including phenoxy) is 2. The number of rotatable bonds is 1. The van der Waals surface area contributed by atoms with Crippen LogP contribution in [0.4, 0.5) is 0 Å². The van der Waals surface area contributed by atoms with Crippen molar-refractivity contribution < 1.29 is 14.3 Å². The van der Waals surface area contributed by atoms with Gasteiger partial charge in [-0.1, -0.05) is 0 Å². The molecule has 0 aromatic heterocycles. The molecular formula is C9H14O3. The van der Waals surface area contributed by atoms with E-state index in [1.54, 1.807) is 0 Å². The van der Waals surface area contributed by atoms with Gasteiger partial charge in [0.05, 0.1) is 5.60 Å². The lowest BCUT2D eigenvalue weighted by Crippen LogP contribution is -2.36. The maximum Gasteiger partial charge on any atom is 0.148 e. The van der Waals surface area contributed by atoms with E-state index in [9.17, 15) is 4.79 Å². The summed E-state index contributed by atoms with van der Waals surface area (Å²) in [5.41, 5.74) is -0.0101. The molecule has 0 aliphatic carbocycles. The van der Waals surface area contributed by atoms with Crippen molar-refractivity contribution in [2.24, 2.45) is 0 Å². The molecule has 0 N–H and O–H groups in total. The Morgan fingerprint density at radius 1 is 1.25 bits per heavy atom. The molecule has 1 atom stereocenters. The van der Waals surface area contributed by atoms with Crippen molar-refractivity contribution in [1.82, 2.24) is 0 Å². The molecule has 1 spiro atoms. The molecule has 2 fully saturated rings. The molecule has 3 nitrogen and oxygen atoms in total. The summed E-state index contributed by atoms with van der Waals surface area (Å²) in [6, 6.07) is 0. The highest BCUT2D eigenvalue weighted by atomic mass is 16.5. The Kier molecular flexibility index (Phi) is 2.15. The maximum atomic E-state index is 10.5. The number of hydrogen-bond donors (Lipinski definition) is 0. The summed E-state index contributed by atoms with van der Waals surface area (Å²) in [5.74, 6) is 0. The monoisotopic (exact) mass is 170 g/mol. The molecule has 2 aliphatic rings. The minimum absolute atomic E-state index is 0.0101. The van der Waals surface area contributed by atoms with Crippen molar-refractivity contribution in [2.45, 2.75) is 37.4 Å². The Labute approximate surface area is 72.0 Å². The molecule has 2 saturated heterocycles. The molecule has 1 unspecified atom stereocenters.